The second-order valence-corrected chi connectivity index (χ2v) is 9.08. The number of piperidine rings is 1. The van der Waals surface area contributed by atoms with E-state index in [9.17, 15) is 9.90 Å². The molecule has 3 saturated heterocycles. The second-order valence-electron chi connectivity index (χ2n) is 9.08. The number of quaternary nitrogens is 1. The van der Waals surface area contributed by atoms with Crippen molar-refractivity contribution in [2.24, 2.45) is 0 Å². The average molecular weight is 472 g/mol. The normalized spacial score (nSPS) is 26.9. The molecule has 30 heavy (non-hydrogen) atoms. The van der Waals surface area contributed by atoms with E-state index in [-0.39, 0.29) is 23.1 Å². The van der Waals surface area contributed by atoms with Crippen LogP contribution in [0.1, 0.15) is 49.7 Å². The van der Waals surface area contributed by atoms with Gasteiger partial charge in [-0.1, -0.05) is 60.7 Å². The Hall–Kier alpha value is -1.69. The molecule has 2 aromatic carbocycles. The first-order valence-electron chi connectivity index (χ1n) is 11.0. The number of halogens is 1. The summed E-state index contributed by atoms with van der Waals surface area (Å²) < 4.78 is 7.32. The van der Waals surface area contributed by atoms with E-state index < -0.39 is 11.6 Å². The zero-order chi connectivity index (χ0) is 19.9. The van der Waals surface area contributed by atoms with Gasteiger partial charge in [-0.3, -0.25) is 0 Å². The number of rotatable bonds is 4. The monoisotopic (exact) mass is 471 g/mol. The van der Waals surface area contributed by atoms with Crippen LogP contribution in [-0.2, 0) is 15.1 Å². The number of benzene rings is 2. The lowest BCUT2D eigenvalue weighted by Gasteiger charge is -2.47. The summed E-state index contributed by atoms with van der Waals surface area (Å²) >= 11 is 0. The van der Waals surface area contributed by atoms with Crippen LogP contribution >= 0.6 is 0 Å². The maximum absolute atomic E-state index is 13.4. The zero-order valence-corrected chi connectivity index (χ0v) is 18.8. The van der Waals surface area contributed by atoms with Crippen LogP contribution in [0.5, 0.6) is 0 Å². The average Bonchev–Trinajstić information content (AvgIpc) is 3.31. The molecule has 3 aliphatic rings. The Morgan fingerprint density at radius 2 is 1.33 bits per heavy atom. The molecule has 2 unspecified atom stereocenters. The van der Waals surface area contributed by atoms with E-state index >= 15 is 0 Å². The molecule has 0 amide bonds. The van der Waals surface area contributed by atoms with Crippen LogP contribution in [0.4, 0.5) is 0 Å². The number of esters is 1. The first-order valence-corrected chi connectivity index (χ1v) is 11.0. The van der Waals surface area contributed by atoms with Gasteiger partial charge in [-0.05, 0) is 11.1 Å². The number of hydrogen-bond acceptors (Lipinski definition) is 3. The van der Waals surface area contributed by atoms with Crippen molar-refractivity contribution >= 4 is 5.97 Å². The van der Waals surface area contributed by atoms with Gasteiger partial charge in [0, 0.05) is 38.5 Å². The van der Waals surface area contributed by atoms with Crippen LogP contribution in [-0.4, -0.2) is 46.8 Å². The Balaban J connectivity index is 0.00000218. The molecule has 5 heteroatoms. The fourth-order valence-electron chi connectivity index (χ4n) is 6.30. The first-order chi connectivity index (χ1) is 14.1. The Morgan fingerprint density at radius 3 is 1.80 bits per heavy atom. The summed E-state index contributed by atoms with van der Waals surface area (Å²) in [7, 11) is 0. The topological polar surface area (TPSA) is 46.5 Å². The van der Waals surface area contributed by atoms with E-state index in [0.717, 1.165) is 12.8 Å². The van der Waals surface area contributed by atoms with E-state index in [1.54, 1.807) is 24.3 Å². The predicted octanol–water partition coefficient (Wildman–Crippen LogP) is 0.774. The van der Waals surface area contributed by atoms with Crippen LogP contribution in [0.3, 0.4) is 0 Å². The molecular formula is C25H30BrNO3. The van der Waals surface area contributed by atoms with Crippen molar-refractivity contribution in [3.05, 3.63) is 71.8 Å². The number of hydrogen-bond donors (Lipinski definition) is 1. The lowest BCUT2D eigenvalue weighted by molar-refractivity contribution is -0.956. The van der Waals surface area contributed by atoms with Gasteiger partial charge < -0.3 is 31.3 Å². The summed E-state index contributed by atoms with van der Waals surface area (Å²) in [6, 6.07) is 19.6. The van der Waals surface area contributed by atoms with Crippen LogP contribution in [0.2, 0.25) is 0 Å². The van der Waals surface area contributed by atoms with Crippen molar-refractivity contribution in [3.63, 3.8) is 0 Å². The van der Waals surface area contributed by atoms with Crippen LogP contribution < -0.4 is 17.0 Å². The first kappa shape index (κ1) is 21.5. The minimum Gasteiger partial charge on any atom is -1.00 e. The standard InChI is InChI=1S/C25H30NO3.BrH/c27-24(25(28,19-9-3-1-4-10-19)20-11-5-2-6-12-20)29-23-17-21-13-14-22(18-23)26(21)15-7-8-16-26;/h1-6,9-12,21-23,28H,7-8,13-18H2;1H/q+1;/p-1. The summed E-state index contributed by atoms with van der Waals surface area (Å²) in [4.78, 5) is 13.4. The molecule has 4 nitrogen and oxygen atoms in total. The summed E-state index contributed by atoms with van der Waals surface area (Å²) in [5, 5.41) is 11.6. The molecule has 160 valence electrons. The number of ether oxygens (including phenoxy) is 1. The van der Waals surface area contributed by atoms with E-state index in [1.165, 1.54) is 43.3 Å². The molecule has 0 aliphatic carbocycles. The largest absolute Gasteiger partial charge is 1.00 e. The molecule has 3 aliphatic heterocycles. The van der Waals surface area contributed by atoms with Crippen molar-refractivity contribution in [1.82, 2.24) is 0 Å². The lowest BCUT2D eigenvalue weighted by atomic mass is 9.86. The molecule has 0 aromatic heterocycles. The fourth-order valence-corrected chi connectivity index (χ4v) is 6.30. The van der Waals surface area contributed by atoms with Gasteiger partial charge in [-0.25, -0.2) is 4.79 Å². The predicted molar refractivity (Wildman–Crippen MR) is 111 cm³/mol. The van der Waals surface area contributed by atoms with Crippen LogP contribution in [0.15, 0.2) is 60.7 Å². The molecule has 2 bridgehead atoms. The van der Waals surface area contributed by atoms with Gasteiger partial charge in [0.05, 0.1) is 25.2 Å². The Morgan fingerprint density at radius 1 is 0.867 bits per heavy atom. The number of carbonyl (C=O) groups excluding carboxylic acids is 1. The van der Waals surface area contributed by atoms with Gasteiger partial charge in [0.25, 0.3) is 0 Å². The minimum absolute atomic E-state index is 0. The Labute approximate surface area is 189 Å². The second kappa shape index (κ2) is 8.45. The molecule has 2 atom stereocenters. The number of carbonyl (C=O) groups is 1. The highest BCUT2D eigenvalue weighted by Crippen LogP contribution is 2.46. The number of nitrogens with zero attached hydrogens (tertiary/aromatic N) is 1. The third-order valence-corrected chi connectivity index (χ3v) is 7.71. The third kappa shape index (κ3) is 3.41. The Bertz CT molecular complexity index is 811. The number of aliphatic hydroxyl groups is 1. The molecule has 1 spiro atoms. The van der Waals surface area contributed by atoms with Gasteiger partial charge in [0.15, 0.2) is 0 Å². The van der Waals surface area contributed by atoms with E-state index in [1.807, 2.05) is 36.4 Å². The van der Waals surface area contributed by atoms with E-state index in [0.29, 0.717) is 23.2 Å². The SMILES string of the molecule is O=C(OC1CC2CCC(C1)[N+]21CCCC1)C(O)(c1ccccc1)c1ccccc1.[Br-]. The van der Waals surface area contributed by atoms with Gasteiger partial charge in [0.1, 0.15) is 6.10 Å². The summed E-state index contributed by atoms with van der Waals surface area (Å²) in [6.45, 7) is 2.60. The summed E-state index contributed by atoms with van der Waals surface area (Å²) in [5.74, 6) is -0.547. The van der Waals surface area contributed by atoms with Crippen molar-refractivity contribution in [1.29, 1.82) is 0 Å². The molecule has 1 N–H and O–H groups in total. The summed E-state index contributed by atoms with van der Waals surface area (Å²) in [5.41, 5.74) is -0.671. The van der Waals surface area contributed by atoms with Crippen LogP contribution in [0, 0.1) is 0 Å². The smallest absolute Gasteiger partial charge is 0.347 e. The van der Waals surface area contributed by atoms with Crippen molar-refractivity contribution in [3.8, 4) is 0 Å². The summed E-state index contributed by atoms with van der Waals surface area (Å²) in [6.07, 6.45) is 6.94. The molecule has 2 aromatic rings. The van der Waals surface area contributed by atoms with E-state index in [4.69, 9.17) is 4.74 Å². The molecule has 0 saturated carbocycles. The molecule has 3 heterocycles. The minimum atomic E-state index is -1.78. The molecule has 0 radical (unpaired) electrons. The van der Waals surface area contributed by atoms with Gasteiger partial charge >= 0.3 is 5.97 Å². The highest BCUT2D eigenvalue weighted by molar-refractivity contribution is 5.85. The highest BCUT2D eigenvalue weighted by Gasteiger charge is 2.56. The van der Waals surface area contributed by atoms with Gasteiger partial charge in [-0.2, -0.15) is 0 Å². The fraction of sp³-hybridized carbons (Fsp3) is 0.480. The molecular weight excluding hydrogens is 442 g/mol. The van der Waals surface area contributed by atoms with Gasteiger partial charge in [0.2, 0.25) is 5.60 Å². The van der Waals surface area contributed by atoms with Crippen molar-refractivity contribution in [2.45, 2.75) is 62.3 Å². The maximum Gasteiger partial charge on any atom is 0.347 e. The van der Waals surface area contributed by atoms with E-state index in [2.05, 4.69) is 0 Å². The zero-order valence-electron chi connectivity index (χ0n) is 17.3. The van der Waals surface area contributed by atoms with Crippen LogP contribution in [0.25, 0.3) is 0 Å². The molecule has 5 rings (SSSR count). The molecule has 3 fully saturated rings. The lowest BCUT2D eigenvalue weighted by Crippen LogP contribution is -3.00. The van der Waals surface area contributed by atoms with Crippen molar-refractivity contribution in [2.75, 3.05) is 13.1 Å². The van der Waals surface area contributed by atoms with Gasteiger partial charge in [-0.15, -0.1) is 0 Å². The highest BCUT2D eigenvalue weighted by atomic mass is 79.9. The van der Waals surface area contributed by atoms with Crippen molar-refractivity contribution < 1.29 is 36.1 Å². The maximum atomic E-state index is 13.4. The quantitative estimate of drug-likeness (QED) is 0.529. The third-order valence-electron chi connectivity index (χ3n) is 7.71. The Kier molecular flexibility index (Phi) is 6.06.